The van der Waals surface area contributed by atoms with Crippen molar-refractivity contribution in [3.8, 4) is 0 Å². The maximum Gasteiger partial charge on any atom is 0.0694 e. The molecule has 3 heteroatoms. The fourth-order valence-electron chi connectivity index (χ4n) is 1.33. The number of benzene rings is 1. The molecule has 84 valence electrons. The molecule has 1 aromatic carbocycles. The predicted molar refractivity (Wildman–Crippen MR) is 62.3 cm³/mol. The fourth-order valence-corrected chi connectivity index (χ4v) is 1.33. The molecule has 0 saturated carbocycles. The van der Waals surface area contributed by atoms with Crippen LogP contribution in [0.3, 0.4) is 0 Å². The second-order valence-corrected chi connectivity index (χ2v) is 4.01. The molecule has 0 heterocycles. The van der Waals surface area contributed by atoms with Crippen molar-refractivity contribution in [2.45, 2.75) is 32.9 Å². The average molecular weight is 208 g/mol. The number of nitrogens with two attached hydrogens (primary N) is 1. The van der Waals surface area contributed by atoms with Gasteiger partial charge in [0.15, 0.2) is 0 Å². The summed E-state index contributed by atoms with van der Waals surface area (Å²) in [6, 6.07) is 8.37. The minimum absolute atomic E-state index is 0.0630. The molecule has 0 aliphatic rings. The van der Waals surface area contributed by atoms with Gasteiger partial charge in [-0.3, -0.25) is 11.3 Å². The second-order valence-electron chi connectivity index (χ2n) is 4.01. The monoisotopic (exact) mass is 208 g/mol. The molecular weight excluding hydrogens is 188 g/mol. The topological polar surface area (TPSA) is 47.3 Å². The molecule has 0 aliphatic carbocycles. The van der Waals surface area contributed by atoms with E-state index in [1.165, 1.54) is 5.56 Å². The summed E-state index contributed by atoms with van der Waals surface area (Å²) >= 11 is 0. The third kappa shape index (κ3) is 4.00. The Morgan fingerprint density at radius 2 is 1.87 bits per heavy atom. The first kappa shape index (κ1) is 12.2. The lowest BCUT2D eigenvalue weighted by molar-refractivity contribution is 0.0611. The Bertz CT molecular complexity index is 282. The van der Waals surface area contributed by atoms with Crippen molar-refractivity contribution in [2.24, 2.45) is 5.84 Å². The van der Waals surface area contributed by atoms with E-state index in [9.17, 15) is 0 Å². The Labute approximate surface area is 91.6 Å². The maximum atomic E-state index is 5.54. The first-order valence-electron chi connectivity index (χ1n) is 5.27. The molecule has 15 heavy (non-hydrogen) atoms. The van der Waals surface area contributed by atoms with Gasteiger partial charge in [0.1, 0.15) is 0 Å². The molecule has 0 amide bonds. The van der Waals surface area contributed by atoms with Gasteiger partial charge in [0.05, 0.1) is 18.8 Å². The van der Waals surface area contributed by atoms with Crippen molar-refractivity contribution in [1.29, 1.82) is 0 Å². The maximum absolute atomic E-state index is 5.54. The third-order valence-corrected chi connectivity index (χ3v) is 2.28. The number of hydrogen-bond donors (Lipinski definition) is 2. The summed E-state index contributed by atoms with van der Waals surface area (Å²) in [5, 5.41) is 0. The molecule has 1 unspecified atom stereocenters. The highest BCUT2D eigenvalue weighted by Gasteiger charge is 2.09. The Morgan fingerprint density at radius 1 is 1.27 bits per heavy atom. The number of nitrogens with one attached hydrogen (secondary N) is 1. The molecule has 1 atom stereocenters. The van der Waals surface area contributed by atoms with Crippen molar-refractivity contribution < 1.29 is 4.74 Å². The van der Waals surface area contributed by atoms with Crippen molar-refractivity contribution in [3.05, 3.63) is 35.4 Å². The number of aryl methyl sites for hydroxylation is 1. The van der Waals surface area contributed by atoms with E-state index in [4.69, 9.17) is 10.6 Å². The van der Waals surface area contributed by atoms with Crippen LogP contribution in [0.2, 0.25) is 0 Å². The zero-order valence-corrected chi connectivity index (χ0v) is 9.66. The molecule has 1 rings (SSSR count). The zero-order valence-electron chi connectivity index (χ0n) is 9.66. The molecule has 3 nitrogen and oxygen atoms in total. The molecule has 0 saturated heterocycles. The first-order chi connectivity index (χ1) is 7.13. The van der Waals surface area contributed by atoms with Crippen LogP contribution in [0.25, 0.3) is 0 Å². The van der Waals surface area contributed by atoms with Crippen LogP contribution in [0.5, 0.6) is 0 Å². The molecule has 0 spiro atoms. The van der Waals surface area contributed by atoms with E-state index in [2.05, 4.69) is 36.6 Å². The summed E-state index contributed by atoms with van der Waals surface area (Å²) in [5.41, 5.74) is 5.17. The normalized spacial score (nSPS) is 13.1. The lowest BCUT2D eigenvalue weighted by Crippen LogP contribution is -2.32. The van der Waals surface area contributed by atoms with Gasteiger partial charge in [-0.15, -0.1) is 0 Å². The predicted octanol–water partition coefficient (Wildman–Crippen LogP) is 1.92. The lowest BCUT2D eigenvalue weighted by Gasteiger charge is -2.18. The Balaban J connectivity index is 2.61. The van der Waals surface area contributed by atoms with Crippen LogP contribution in [-0.2, 0) is 4.74 Å². The van der Waals surface area contributed by atoms with E-state index in [-0.39, 0.29) is 12.1 Å². The van der Waals surface area contributed by atoms with Gasteiger partial charge in [-0.05, 0) is 26.3 Å². The molecule has 3 N–H and O–H groups in total. The molecule has 0 aromatic heterocycles. The highest BCUT2D eigenvalue weighted by molar-refractivity contribution is 5.24. The van der Waals surface area contributed by atoms with E-state index in [0.717, 1.165) is 5.56 Å². The van der Waals surface area contributed by atoms with Gasteiger partial charge < -0.3 is 4.74 Å². The Morgan fingerprint density at radius 3 is 2.33 bits per heavy atom. The SMILES string of the molecule is Cc1ccc(C(COC(C)C)NN)cc1. The smallest absolute Gasteiger partial charge is 0.0694 e. The van der Waals surface area contributed by atoms with Gasteiger partial charge in [-0.1, -0.05) is 29.8 Å². The van der Waals surface area contributed by atoms with Crippen molar-refractivity contribution >= 4 is 0 Å². The van der Waals surface area contributed by atoms with E-state index >= 15 is 0 Å². The summed E-state index contributed by atoms with van der Waals surface area (Å²) in [7, 11) is 0. The van der Waals surface area contributed by atoms with Gasteiger partial charge in [-0.2, -0.15) is 0 Å². The van der Waals surface area contributed by atoms with Gasteiger partial charge in [0.25, 0.3) is 0 Å². The summed E-state index contributed by atoms with van der Waals surface area (Å²) in [4.78, 5) is 0. The summed E-state index contributed by atoms with van der Waals surface area (Å²) in [6.45, 7) is 6.70. The minimum atomic E-state index is 0.0630. The lowest BCUT2D eigenvalue weighted by atomic mass is 10.1. The van der Waals surface area contributed by atoms with Crippen molar-refractivity contribution in [3.63, 3.8) is 0 Å². The molecule has 1 aromatic rings. The largest absolute Gasteiger partial charge is 0.377 e. The van der Waals surface area contributed by atoms with Gasteiger partial charge in [-0.25, -0.2) is 0 Å². The third-order valence-electron chi connectivity index (χ3n) is 2.28. The molecule has 0 bridgehead atoms. The van der Waals surface area contributed by atoms with Crippen LogP contribution in [0.15, 0.2) is 24.3 Å². The summed E-state index contributed by atoms with van der Waals surface area (Å²) in [6.07, 6.45) is 0.228. The van der Waals surface area contributed by atoms with E-state index in [1.54, 1.807) is 0 Å². The zero-order chi connectivity index (χ0) is 11.3. The standard InChI is InChI=1S/C12H20N2O/c1-9(2)15-8-12(14-13)11-6-4-10(3)5-7-11/h4-7,9,12,14H,8,13H2,1-3H3. The summed E-state index contributed by atoms with van der Waals surface area (Å²) in [5.74, 6) is 5.50. The number of rotatable bonds is 5. The van der Waals surface area contributed by atoms with Crippen LogP contribution in [0.4, 0.5) is 0 Å². The Hall–Kier alpha value is -0.900. The summed E-state index contributed by atoms with van der Waals surface area (Å²) < 4.78 is 5.54. The number of hydrazine groups is 1. The first-order valence-corrected chi connectivity index (χ1v) is 5.27. The van der Waals surface area contributed by atoms with Gasteiger partial charge >= 0.3 is 0 Å². The molecule has 0 fully saturated rings. The molecular formula is C12H20N2O. The van der Waals surface area contributed by atoms with Crippen LogP contribution >= 0.6 is 0 Å². The minimum Gasteiger partial charge on any atom is -0.377 e. The van der Waals surface area contributed by atoms with Crippen molar-refractivity contribution in [2.75, 3.05) is 6.61 Å². The number of ether oxygens (including phenoxy) is 1. The van der Waals surface area contributed by atoms with Gasteiger partial charge in [0.2, 0.25) is 0 Å². The van der Waals surface area contributed by atoms with E-state index in [0.29, 0.717) is 6.61 Å². The van der Waals surface area contributed by atoms with Crippen LogP contribution in [0.1, 0.15) is 31.0 Å². The fraction of sp³-hybridized carbons (Fsp3) is 0.500. The van der Waals surface area contributed by atoms with Crippen LogP contribution < -0.4 is 11.3 Å². The molecule has 0 radical (unpaired) electrons. The van der Waals surface area contributed by atoms with E-state index < -0.39 is 0 Å². The molecule has 0 aliphatic heterocycles. The second kappa shape index (κ2) is 5.85. The Kier molecular flexibility index (Phi) is 4.75. The highest BCUT2D eigenvalue weighted by Crippen LogP contribution is 2.13. The number of hydrogen-bond acceptors (Lipinski definition) is 3. The highest BCUT2D eigenvalue weighted by atomic mass is 16.5. The quantitative estimate of drug-likeness (QED) is 0.574. The average Bonchev–Trinajstić information content (AvgIpc) is 2.21. The van der Waals surface area contributed by atoms with Gasteiger partial charge in [0, 0.05) is 0 Å². The van der Waals surface area contributed by atoms with Crippen molar-refractivity contribution in [1.82, 2.24) is 5.43 Å². The van der Waals surface area contributed by atoms with Crippen LogP contribution in [-0.4, -0.2) is 12.7 Å². The van der Waals surface area contributed by atoms with E-state index in [1.807, 2.05) is 13.8 Å². The van der Waals surface area contributed by atoms with Crippen LogP contribution in [0, 0.1) is 6.92 Å².